The molecule has 0 aliphatic carbocycles. The number of piperazine rings is 1. The van der Waals surface area contributed by atoms with Crippen LogP contribution in [0.2, 0.25) is 0 Å². The summed E-state index contributed by atoms with van der Waals surface area (Å²) in [5.41, 5.74) is 8.33. The molecular formula is C25H34N10O2. The number of aromatic nitrogens is 4. The van der Waals surface area contributed by atoms with E-state index in [4.69, 9.17) is 5.73 Å². The number of pyridine rings is 1. The van der Waals surface area contributed by atoms with E-state index in [1.165, 1.54) is 0 Å². The smallest absolute Gasteiger partial charge is 0.319 e. The highest BCUT2D eigenvalue weighted by Crippen LogP contribution is 2.24. The van der Waals surface area contributed by atoms with Crippen LogP contribution in [0.1, 0.15) is 34.6 Å². The van der Waals surface area contributed by atoms with Crippen molar-refractivity contribution >= 4 is 41.0 Å². The van der Waals surface area contributed by atoms with Crippen LogP contribution >= 0.6 is 0 Å². The predicted molar refractivity (Wildman–Crippen MR) is 144 cm³/mol. The molecule has 196 valence electrons. The van der Waals surface area contributed by atoms with Gasteiger partial charge in [-0.1, -0.05) is 0 Å². The monoisotopic (exact) mass is 506 g/mol. The number of nitrogens with two attached hydrogens (primary N) is 1. The van der Waals surface area contributed by atoms with Gasteiger partial charge >= 0.3 is 6.03 Å². The number of rotatable bonds is 6. The maximum Gasteiger partial charge on any atom is 0.319 e. The van der Waals surface area contributed by atoms with Gasteiger partial charge in [0.05, 0.1) is 5.69 Å². The first-order valence-corrected chi connectivity index (χ1v) is 12.3. The number of carbonyl (C=O) groups is 2. The molecule has 0 bridgehead atoms. The van der Waals surface area contributed by atoms with Crippen LogP contribution in [-0.4, -0.2) is 67.8 Å². The van der Waals surface area contributed by atoms with Crippen LogP contribution in [0.5, 0.6) is 0 Å². The molecule has 2 aromatic heterocycles. The van der Waals surface area contributed by atoms with Crippen LogP contribution in [0.4, 0.5) is 33.9 Å². The SMILES string of the molecule is CC(=O)N1[C@H](C)CN(c2cc(-n3nc(Nc4ccc(NC(=O)NC(C)C)cc4)nc3N)ccn2)C[C@@H]1C. The van der Waals surface area contributed by atoms with Crippen molar-refractivity contribution in [1.29, 1.82) is 0 Å². The summed E-state index contributed by atoms with van der Waals surface area (Å²) in [5.74, 6) is 1.44. The molecule has 0 spiro atoms. The van der Waals surface area contributed by atoms with Crippen LogP contribution in [-0.2, 0) is 4.79 Å². The van der Waals surface area contributed by atoms with Gasteiger partial charge in [-0.05, 0) is 58.0 Å². The molecule has 3 amide bonds. The summed E-state index contributed by atoms with van der Waals surface area (Å²) in [6.07, 6.45) is 1.72. The lowest BCUT2D eigenvalue weighted by molar-refractivity contribution is -0.133. The third-order valence-electron chi connectivity index (χ3n) is 6.03. The van der Waals surface area contributed by atoms with Gasteiger partial charge in [0, 0.05) is 61.8 Å². The van der Waals surface area contributed by atoms with Gasteiger partial charge in [-0.15, -0.1) is 5.10 Å². The summed E-state index contributed by atoms with van der Waals surface area (Å²) < 4.78 is 1.55. The molecule has 12 nitrogen and oxygen atoms in total. The fourth-order valence-electron chi connectivity index (χ4n) is 4.61. The van der Waals surface area contributed by atoms with Crippen molar-refractivity contribution in [2.75, 3.05) is 34.4 Å². The number of anilines is 5. The van der Waals surface area contributed by atoms with E-state index in [1.807, 2.05) is 56.9 Å². The number of hydrogen-bond acceptors (Lipinski definition) is 8. The number of benzene rings is 1. The van der Waals surface area contributed by atoms with Crippen LogP contribution in [0.15, 0.2) is 42.6 Å². The molecule has 5 N–H and O–H groups in total. The molecule has 3 aromatic rings. The highest BCUT2D eigenvalue weighted by atomic mass is 16.2. The molecule has 4 rings (SSSR count). The molecule has 12 heteroatoms. The fraction of sp³-hybridized carbons (Fsp3) is 0.400. The molecule has 2 atom stereocenters. The van der Waals surface area contributed by atoms with Crippen molar-refractivity contribution in [3.8, 4) is 5.69 Å². The Hall–Kier alpha value is -4.35. The molecule has 0 unspecified atom stereocenters. The van der Waals surface area contributed by atoms with Crippen LogP contribution < -0.4 is 26.6 Å². The van der Waals surface area contributed by atoms with Gasteiger partial charge in [-0.3, -0.25) is 4.79 Å². The van der Waals surface area contributed by atoms with E-state index >= 15 is 0 Å². The number of nitrogen functional groups attached to an aromatic ring is 1. The lowest BCUT2D eigenvalue weighted by Crippen LogP contribution is -2.58. The maximum absolute atomic E-state index is 12.0. The Morgan fingerprint density at radius 2 is 1.70 bits per heavy atom. The van der Waals surface area contributed by atoms with Crippen molar-refractivity contribution in [3.05, 3.63) is 42.6 Å². The quantitative estimate of drug-likeness (QED) is 0.399. The highest BCUT2D eigenvalue weighted by molar-refractivity contribution is 5.89. The first-order valence-electron chi connectivity index (χ1n) is 12.3. The van der Waals surface area contributed by atoms with Gasteiger partial charge < -0.3 is 31.5 Å². The maximum atomic E-state index is 12.0. The Bertz CT molecular complexity index is 1240. The molecule has 0 radical (unpaired) electrons. The number of carbonyl (C=O) groups excluding carboxylic acids is 2. The number of urea groups is 1. The van der Waals surface area contributed by atoms with Crippen molar-refractivity contribution in [2.45, 2.75) is 52.7 Å². The van der Waals surface area contributed by atoms with E-state index in [9.17, 15) is 9.59 Å². The molecule has 3 heterocycles. The van der Waals surface area contributed by atoms with E-state index in [-0.39, 0.29) is 36.0 Å². The average Bonchev–Trinajstić information content (AvgIpc) is 3.19. The number of nitrogens with zero attached hydrogens (tertiary/aromatic N) is 6. The zero-order valence-corrected chi connectivity index (χ0v) is 21.8. The minimum atomic E-state index is -0.259. The molecule has 1 aliphatic rings. The van der Waals surface area contributed by atoms with Gasteiger partial charge in [0.2, 0.25) is 17.8 Å². The third kappa shape index (κ3) is 6.08. The number of nitrogens with one attached hydrogen (secondary N) is 3. The second kappa shape index (κ2) is 10.7. The van der Waals surface area contributed by atoms with E-state index in [2.05, 4.69) is 35.9 Å². The molecule has 0 saturated carbocycles. The predicted octanol–water partition coefficient (Wildman–Crippen LogP) is 2.96. The highest BCUT2D eigenvalue weighted by Gasteiger charge is 2.31. The lowest BCUT2D eigenvalue weighted by atomic mass is 10.1. The molecule has 1 fully saturated rings. The topological polar surface area (TPSA) is 146 Å². The average molecular weight is 507 g/mol. The number of hydrogen-bond donors (Lipinski definition) is 4. The van der Waals surface area contributed by atoms with Gasteiger partial charge in [0.25, 0.3) is 0 Å². The van der Waals surface area contributed by atoms with Crippen molar-refractivity contribution < 1.29 is 9.59 Å². The lowest BCUT2D eigenvalue weighted by Gasteiger charge is -2.44. The minimum absolute atomic E-state index is 0.0492. The molecule has 1 aliphatic heterocycles. The van der Waals surface area contributed by atoms with E-state index < -0.39 is 0 Å². The van der Waals surface area contributed by atoms with E-state index in [1.54, 1.807) is 29.9 Å². The van der Waals surface area contributed by atoms with E-state index in [0.29, 0.717) is 24.7 Å². The second-order valence-corrected chi connectivity index (χ2v) is 9.56. The van der Waals surface area contributed by atoms with Crippen molar-refractivity contribution in [3.63, 3.8) is 0 Å². The Kier molecular flexibility index (Phi) is 7.46. The normalized spacial score (nSPS) is 17.6. The standard InChI is InChI=1S/C25H34N10O2/c1-15(2)28-25(37)30-20-8-6-19(7-9-20)29-24-31-23(26)35(32-24)21-10-11-27-22(12-21)33-13-16(3)34(18(5)36)17(4)14-33/h6-12,15-17H,13-14H2,1-5H3,(H2,28,30,37)(H3,26,29,31,32)/t16-,17+. The van der Waals surface area contributed by atoms with Crippen LogP contribution in [0.25, 0.3) is 5.69 Å². The van der Waals surface area contributed by atoms with Gasteiger partial charge in [0.15, 0.2) is 0 Å². The zero-order chi connectivity index (χ0) is 26.7. The Balaban J connectivity index is 1.46. The molecular weight excluding hydrogens is 472 g/mol. The zero-order valence-electron chi connectivity index (χ0n) is 21.8. The Labute approximate surface area is 216 Å². The Morgan fingerprint density at radius 3 is 2.32 bits per heavy atom. The summed E-state index contributed by atoms with van der Waals surface area (Å²) in [7, 11) is 0. The summed E-state index contributed by atoms with van der Waals surface area (Å²) in [4.78, 5) is 36.8. The number of amides is 3. The van der Waals surface area contributed by atoms with Crippen LogP contribution in [0.3, 0.4) is 0 Å². The van der Waals surface area contributed by atoms with Gasteiger partial charge in [-0.25, -0.2) is 9.78 Å². The van der Waals surface area contributed by atoms with Crippen molar-refractivity contribution in [1.82, 2.24) is 30.0 Å². The first kappa shape index (κ1) is 25.7. The summed E-state index contributed by atoms with van der Waals surface area (Å²) in [6, 6.07) is 10.9. The fourth-order valence-corrected chi connectivity index (χ4v) is 4.61. The summed E-state index contributed by atoms with van der Waals surface area (Å²) >= 11 is 0. The molecule has 1 aromatic carbocycles. The summed E-state index contributed by atoms with van der Waals surface area (Å²) in [5, 5.41) is 13.2. The largest absolute Gasteiger partial charge is 0.368 e. The van der Waals surface area contributed by atoms with Gasteiger partial charge in [0.1, 0.15) is 5.82 Å². The summed E-state index contributed by atoms with van der Waals surface area (Å²) in [6.45, 7) is 10.9. The second-order valence-electron chi connectivity index (χ2n) is 9.56. The molecule has 37 heavy (non-hydrogen) atoms. The van der Waals surface area contributed by atoms with E-state index in [0.717, 1.165) is 17.2 Å². The minimum Gasteiger partial charge on any atom is -0.368 e. The first-order chi connectivity index (χ1) is 17.6. The molecule has 1 saturated heterocycles. The third-order valence-corrected chi connectivity index (χ3v) is 6.03. The van der Waals surface area contributed by atoms with Gasteiger partial charge in [-0.2, -0.15) is 9.67 Å². The van der Waals surface area contributed by atoms with Crippen LogP contribution in [0, 0.1) is 0 Å². The van der Waals surface area contributed by atoms with Crippen molar-refractivity contribution in [2.24, 2.45) is 0 Å². The Morgan fingerprint density at radius 1 is 1.05 bits per heavy atom.